The van der Waals surface area contributed by atoms with E-state index in [0.29, 0.717) is 24.0 Å². The Morgan fingerprint density at radius 3 is 1.88 bits per heavy atom. The summed E-state index contributed by atoms with van der Waals surface area (Å²) in [6, 6.07) is 20.8. The van der Waals surface area contributed by atoms with Crippen LogP contribution in [0.1, 0.15) is 41.2 Å². The highest BCUT2D eigenvalue weighted by Crippen LogP contribution is 2.19. The molecule has 0 atom stereocenters. The number of rotatable bonds is 5. The molecular formula is C29H23F3. The van der Waals surface area contributed by atoms with Gasteiger partial charge in [-0.25, -0.2) is 13.2 Å². The molecule has 0 saturated carbocycles. The first kappa shape index (κ1) is 21.7. The highest BCUT2D eigenvalue weighted by molar-refractivity contribution is 5.84. The molecular weight excluding hydrogens is 405 g/mol. The largest absolute Gasteiger partial charge is 0.207 e. The number of halogens is 3. The van der Waals surface area contributed by atoms with Crippen LogP contribution in [0.5, 0.6) is 0 Å². The van der Waals surface area contributed by atoms with Crippen LogP contribution in [0.2, 0.25) is 0 Å². The fourth-order valence-corrected chi connectivity index (χ4v) is 3.77. The zero-order chi connectivity index (χ0) is 22.5. The van der Waals surface area contributed by atoms with Crippen LogP contribution in [0.25, 0.3) is 10.8 Å². The fraction of sp³-hybridized carbons (Fsp3) is 0.172. The average Bonchev–Trinajstić information content (AvgIpc) is 2.78. The number of aryl methyl sites for hydroxylation is 3. The first-order chi connectivity index (χ1) is 15.5. The maximum absolute atomic E-state index is 14.6. The van der Waals surface area contributed by atoms with Gasteiger partial charge in [-0.3, -0.25) is 0 Å². The Kier molecular flexibility index (Phi) is 6.61. The smallest absolute Gasteiger partial charge is 0.142 e. The van der Waals surface area contributed by atoms with Gasteiger partial charge in [-0.2, -0.15) is 0 Å². The monoisotopic (exact) mass is 428 g/mol. The third-order valence-corrected chi connectivity index (χ3v) is 5.50. The lowest BCUT2D eigenvalue weighted by Crippen LogP contribution is -1.98. The van der Waals surface area contributed by atoms with Crippen LogP contribution in [-0.4, -0.2) is 0 Å². The summed E-state index contributed by atoms with van der Waals surface area (Å²) in [7, 11) is 0. The van der Waals surface area contributed by atoms with Crippen molar-refractivity contribution in [1.82, 2.24) is 0 Å². The second-order valence-corrected chi connectivity index (χ2v) is 7.96. The molecule has 0 spiro atoms. The Balaban J connectivity index is 1.49. The zero-order valence-corrected chi connectivity index (χ0v) is 17.9. The molecule has 0 nitrogen and oxygen atoms in total. The van der Waals surface area contributed by atoms with Gasteiger partial charge in [0.05, 0.1) is 5.56 Å². The van der Waals surface area contributed by atoms with Crippen LogP contribution in [0.4, 0.5) is 13.2 Å². The highest BCUT2D eigenvalue weighted by atomic mass is 19.1. The second-order valence-electron chi connectivity index (χ2n) is 7.96. The summed E-state index contributed by atoms with van der Waals surface area (Å²) in [5.74, 6) is 3.81. The van der Waals surface area contributed by atoms with Crippen LogP contribution >= 0.6 is 0 Å². The van der Waals surface area contributed by atoms with Gasteiger partial charge < -0.3 is 0 Å². The molecule has 0 aliphatic carbocycles. The average molecular weight is 428 g/mol. The van der Waals surface area contributed by atoms with E-state index in [4.69, 9.17) is 0 Å². The Morgan fingerprint density at radius 2 is 1.19 bits per heavy atom. The highest BCUT2D eigenvalue weighted by Gasteiger charge is 2.10. The Morgan fingerprint density at radius 1 is 0.594 bits per heavy atom. The van der Waals surface area contributed by atoms with Gasteiger partial charge in [-0.15, -0.1) is 0 Å². The molecule has 3 heteroatoms. The van der Waals surface area contributed by atoms with Crippen LogP contribution in [0.3, 0.4) is 0 Å². The second kappa shape index (κ2) is 9.75. The Hall–Kier alpha value is -3.51. The Bertz CT molecular complexity index is 1290. The van der Waals surface area contributed by atoms with Crippen LogP contribution in [-0.2, 0) is 19.3 Å². The molecule has 0 aliphatic rings. The van der Waals surface area contributed by atoms with Crippen molar-refractivity contribution in [2.75, 3.05) is 0 Å². The van der Waals surface area contributed by atoms with Crippen molar-refractivity contribution in [2.45, 2.75) is 32.6 Å². The SMILES string of the molecule is CCCc1ccc(CCc2cc(F)c(C#Cc3ccc4cc(F)ccc4c3)c(F)c2)cc1. The summed E-state index contributed by atoms with van der Waals surface area (Å²) >= 11 is 0. The quantitative estimate of drug-likeness (QED) is 0.291. The van der Waals surface area contributed by atoms with Crippen molar-refractivity contribution in [3.05, 3.63) is 118 Å². The molecule has 0 heterocycles. The molecule has 0 amide bonds. The molecule has 0 bridgehead atoms. The maximum Gasteiger partial charge on any atom is 0.142 e. The molecule has 0 fully saturated rings. The summed E-state index contributed by atoms with van der Waals surface area (Å²) in [6.45, 7) is 2.15. The molecule has 4 aromatic rings. The first-order valence-corrected chi connectivity index (χ1v) is 10.8. The lowest BCUT2D eigenvalue weighted by Gasteiger charge is -2.06. The van der Waals surface area contributed by atoms with Crippen molar-refractivity contribution in [2.24, 2.45) is 0 Å². The summed E-state index contributed by atoms with van der Waals surface area (Å²) in [5.41, 5.74) is 3.42. The lowest BCUT2D eigenvalue weighted by atomic mass is 10.0. The minimum Gasteiger partial charge on any atom is -0.207 e. The van der Waals surface area contributed by atoms with Crippen molar-refractivity contribution in [3.63, 3.8) is 0 Å². The van der Waals surface area contributed by atoms with Crippen molar-refractivity contribution in [1.29, 1.82) is 0 Å². The maximum atomic E-state index is 14.6. The van der Waals surface area contributed by atoms with Gasteiger partial charge in [-0.05, 0) is 83.1 Å². The molecule has 4 aromatic carbocycles. The van der Waals surface area contributed by atoms with E-state index in [9.17, 15) is 13.2 Å². The summed E-state index contributed by atoms with van der Waals surface area (Å²) < 4.78 is 42.5. The van der Waals surface area contributed by atoms with E-state index >= 15 is 0 Å². The molecule has 0 aliphatic heterocycles. The van der Waals surface area contributed by atoms with E-state index in [1.807, 2.05) is 0 Å². The molecule has 32 heavy (non-hydrogen) atoms. The van der Waals surface area contributed by atoms with Gasteiger partial charge in [0.1, 0.15) is 17.5 Å². The predicted octanol–water partition coefficient (Wildman–Crippen LogP) is 7.39. The number of hydrogen-bond acceptors (Lipinski definition) is 0. The predicted molar refractivity (Wildman–Crippen MR) is 124 cm³/mol. The van der Waals surface area contributed by atoms with E-state index in [1.54, 1.807) is 24.3 Å². The normalized spacial score (nSPS) is 10.8. The molecule has 0 aromatic heterocycles. The minimum atomic E-state index is -0.659. The summed E-state index contributed by atoms with van der Waals surface area (Å²) in [6.07, 6.45) is 3.43. The third-order valence-electron chi connectivity index (χ3n) is 5.50. The van der Waals surface area contributed by atoms with Gasteiger partial charge in [0, 0.05) is 5.56 Å². The third kappa shape index (κ3) is 5.21. The molecule has 160 valence electrons. The number of hydrogen-bond donors (Lipinski definition) is 0. The Labute approximate surface area is 186 Å². The summed E-state index contributed by atoms with van der Waals surface area (Å²) in [5, 5.41) is 1.56. The molecule has 4 rings (SSSR count). The molecule has 0 N–H and O–H groups in total. The fourth-order valence-electron chi connectivity index (χ4n) is 3.77. The molecule has 0 saturated heterocycles. The van der Waals surface area contributed by atoms with Gasteiger partial charge in [0.2, 0.25) is 0 Å². The van der Waals surface area contributed by atoms with E-state index in [-0.39, 0.29) is 11.4 Å². The van der Waals surface area contributed by atoms with Crippen LogP contribution < -0.4 is 0 Å². The summed E-state index contributed by atoms with van der Waals surface area (Å²) in [4.78, 5) is 0. The van der Waals surface area contributed by atoms with Crippen LogP contribution in [0, 0.1) is 29.3 Å². The standard InChI is InChI=1S/C29H23F3/c1-2-3-20-4-6-21(7-5-20)8-9-23-17-28(31)27(29(32)18-23)15-11-22-10-12-25-19-26(30)14-13-24(25)16-22/h4-7,10,12-14,16-19H,2-3,8-9H2,1H3. The van der Waals surface area contributed by atoms with Gasteiger partial charge in [0.15, 0.2) is 0 Å². The van der Waals surface area contributed by atoms with Crippen molar-refractivity contribution < 1.29 is 13.2 Å². The first-order valence-electron chi connectivity index (χ1n) is 10.8. The number of fused-ring (bicyclic) bond motifs is 1. The van der Waals surface area contributed by atoms with Crippen molar-refractivity contribution >= 4 is 10.8 Å². The van der Waals surface area contributed by atoms with Crippen LogP contribution in [0.15, 0.2) is 72.8 Å². The zero-order valence-electron chi connectivity index (χ0n) is 17.9. The van der Waals surface area contributed by atoms with E-state index in [1.165, 1.54) is 29.8 Å². The van der Waals surface area contributed by atoms with Gasteiger partial charge in [0.25, 0.3) is 0 Å². The van der Waals surface area contributed by atoms with Gasteiger partial charge >= 0.3 is 0 Å². The van der Waals surface area contributed by atoms with E-state index in [0.717, 1.165) is 29.2 Å². The molecule has 0 unspecified atom stereocenters. The van der Waals surface area contributed by atoms with Gasteiger partial charge in [-0.1, -0.05) is 61.6 Å². The van der Waals surface area contributed by atoms with Crippen molar-refractivity contribution in [3.8, 4) is 11.8 Å². The van der Waals surface area contributed by atoms with E-state index < -0.39 is 11.6 Å². The minimum absolute atomic E-state index is 0.239. The van der Waals surface area contributed by atoms with E-state index in [2.05, 4.69) is 43.0 Å². The topological polar surface area (TPSA) is 0 Å². The molecule has 0 radical (unpaired) electrons. The lowest BCUT2D eigenvalue weighted by molar-refractivity contribution is 0.573. The number of benzene rings is 4.